The van der Waals surface area contributed by atoms with Crippen LogP contribution in [0.25, 0.3) is 0 Å². The number of hydrogen-bond donors (Lipinski definition) is 0. The second-order valence-corrected chi connectivity index (χ2v) is 3.54. The highest BCUT2D eigenvalue weighted by atomic mass is 15.3. The maximum absolute atomic E-state index is 4.53. The van der Waals surface area contributed by atoms with E-state index in [1.807, 2.05) is 68.3 Å². The van der Waals surface area contributed by atoms with Gasteiger partial charge in [0.05, 0.1) is 5.69 Å². The van der Waals surface area contributed by atoms with Crippen molar-refractivity contribution in [2.24, 2.45) is 4.99 Å². The second kappa shape index (κ2) is 4.65. The van der Waals surface area contributed by atoms with Gasteiger partial charge in [0.1, 0.15) is 0 Å². The van der Waals surface area contributed by atoms with Gasteiger partial charge in [0, 0.05) is 28.2 Å². The summed E-state index contributed by atoms with van der Waals surface area (Å²) in [5.41, 5.74) is 0.977. The largest absolute Gasteiger partial charge is 0.349 e. The molecule has 1 rings (SSSR count). The van der Waals surface area contributed by atoms with Gasteiger partial charge in [-0.15, -0.1) is 0 Å². The van der Waals surface area contributed by atoms with Crippen LogP contribution >= 0.6 is 0 Å². The molecule has 76 valence electrons. The lowest BCUT2D eigenvalue weighted by Gasteiger charge is -2.22. The number of rotatable bonds is 1. The first-order chi connectivity index (χ1) is 6.61. The summed E-state index contributed by atoms with van der Waals surface area (Å²) in [4.78, 5) is 8.51. The Morgan fingerprint density at radius 2 is 1.43 bits per heavy atom. The van der Waals surface area contributed by atoms with Crippen LogP contribution in [0.1, 0.15) is 0 Å². The Morgan fingerprint density at radius 3 is 1.86 bits per heavy atom. The molecule has 0 unspecified atom stereocenters. The standard InChI is InChI=1S/C11H17N3/c1-13(2)11(14(3)4)12-10-8-6-5-7-9-10/h5-9H,1-4H3. The molecule has 3 nitrogen and oxygen atoms in total. The maximum atomic E-state index is 4.53. The molecule has 0 amide bonds. The summed E-state index contributed by atoms with van der Waals surface area (Å²) in [6.07, 6.45) is 0. The lowest BCUT2D eigenvalue weighted by molar-refractivity contribution is 0.484. The summed E-state index contributed by atoms with van der Waals surface area (Å²) < 4.78 is 0. The first-order valence-corrected chi connectivity index (χ1v) is 4.59. The molecule has 0 saturated heterocycles. The fraction of sp³-hybridized carbons (Fsp3) is 0.364. The van der Waals surface area contributed by atoms with Crippen LogP contribution in [-0.4, -0.2) is 44.0 Å². The Kier molecular flexibility index (Phi) is 3.51. The topological polar surface area (TPSA) is 18.8 Å². The van der Waals surface area contributed by atoms with Gasteiger partial charge in [-0.1, -0.05) is 18.2 Å². The van der Waals surface area contributed by atoms with Gasteiger partial charge >= 0.3 is 0 Å². The molecule has 0 fully saturated rings. The van der Waals surface area contributed by atoms with Crippen molar-refractivity contribution in [3.8, 4) is 0 Å². The van der Waals surface area contributed by atoms with Gasteiger partial charge in [0.2, 0.25) is 5.96 Å². The number of nitrogens with zero attached hydrogens (tertiary/aromatic N) is 3. The van der Waals surface area contributed by atoms with Crippen molar-refractivity contribution in [2.45, 2.75) is 0 Å². The molecule has 0 spiro atoms. The van der Waals surface area contributed by atoms with E-state index in [9.17, 15) is 0 Å². The molecule has 0 heterocycles. The average molecular weight is 191 g/mol. The van der Waals surface area contributed by atoms with Crippen molar-refractivity contribution in [3.05, 3.63) is 30.3 Å². The van der Waals surface area contributed by atoms with E-state index in [1.54, 1.807) is 0 Å². The smallest absolute Gasteiger partial charge is 0.200 e. The zero-order valence-electron chi connectivity index (χ0n) is 9.23. The number of benzene rings is 1. The van der Waals surface area contributed by atoms with Crippen molar-refractivity contribution in [1.29, 1.82) is 0 Å². The van der Waals surface area contributed by atoms with Gasteiger partial charge in [0.15, 0.2) is 0 Å². The predicted molar refractivity (Wildman–Crippen MR) is 60.9 cm³/mol. The maximum Gasteiger partial charge on any atom is 0.200 e. The van der Waals surface area contributed by atoms with E-state index in [2.05, 4.69) is 4.99 Å². The highest BCUT2D eigenvalue weighted by Gasteiger charge is 2.03. The first-order valence-electron chi connectivity index (χ1n) is 4.59. The molecule has 0 atom stereocenters. The summed E-state index contributed by atoms with van der Waals surface area (Å²) in [7, 11) is 7.95. The van der Waals surface area contributed by atoms with Crippen molar-refractivity contribution in [1.82, 2.24) is 9.80 Å². The Labute approximate surface area is 85.7 Å². The molecule has 3 heteroatoms. The predicted octanol–water partition coefficient (Wildman–Crippen LogP) is 1.80. The highest BCUT2D eigenvalue weighted by molar-refractivity contribution is 5.81. The molecule has 14 heavy (non-hydrogen) atoms. The minimum Gasteiger partial charge on any atom is -0.349 e. The fourth-order valence-electron chi connectivity index (χ4n) is 1.22. The second-order valence-electron chi connectivity index (χ2n) is 3.54. The van der Waals surface area contributed by atoms with Crippen molar-refractivity contribution in [3.63, 3.8) is 0 Å². The zero-order chi connectivity index (χ0) is 10.6. The van der Waals surface area contributed by atoms with Gasteiger partial charge in [-0.25, -0.2) is 4.99 Å². The van der Waals surface area contributed by atoms with Crippen LogP contribution in [-0.2, 0) is 0 Å². The van der Waals surface area contributed by atoms with E-state index in [0.717, 1.165) is 11.6 Å². The van der Waals surface area contributed by atoms with E-state index in [0.29, 0.717) is 0 Å². The van der Waals surface area contributed by atoms with E-state index >= 15 is 0 Å². The number of para-hydroxylation sites is 1. The van der Waals surface area contributed by atoms with Gasteiger partial charge in [0.25, 0.3) is 0 Å². The third kappa shape index (κ3) is 2.76. The van der Waals surface area contributed by atoms with Crippen LogP contribution < -0.4 is 0 Å². The van der Waals surface area contributed by atoms with Gasteiger partial charge < -0.3 is 9.80 Å². The van der Waals surface area contributed by atoms with Crippen molar-refractivity contribution >= 4 is 11.6 Å². The SMILES string of the molecule is CN(C)C(=Nc1ccccc1)N(C)C. The van der Waals surface area contributed by atoms with Gasteiger partial charge in [-0.05, 0) is 12.1 Å². The number of hydrogen-bond acceptors (Lipinski definition) is 1. The van der Waals surface area contributed by atoms with E-state index < -0.39 is 0 Å². The Balaban J connectivity index is 2.94. The molecule has 0 aromatic heterocycles. The van der Waals surface area contributed by atoms with Crippen LogP contribution in [0.5, 0.6) is 0 Å². The van der Waals surface area contributed by atoms with Crippen molar-refractivity contribution in [2.75, 3.05) is 28.2 Å². The monoisotopic (exact) mass is 191 g/mol. The number of aliphatic imine (C=N–C) groups is 1. The van der Waals surface area contributed by atoms with Crippen LogP contribution in [0.2, 0.25) is 0 Å². The molecule has 0 bridgehead atoms. The van der Waals surface area contributed by atoms with Crippen LogP contribution in [0, 0.1) is 0 Å². The molecule has 0 N–H and O–H groups in total. The molecule has 0 aliphatic rings. The minimum atomic E-state index is 0.941. The summed E-state index contributed by atoms with van der Waals surface area (Å²) >= 11 is 0. The van der Waals surface area contributed by atoms with Gasteiger partial charge in [-0.2, -0.15) is 0 Å². The molecule has 0 aliphatic heterocycles. The third-order valence-electron chi connectivity index (χ3n) is 1.79. The molecule has 0 radical (unpaired) electrons. The summed E-state index contributed by atoms with van der Waals surface area (Å²) in [5.74, 6) is 0.941. The average Bonchev–Trinajstić information content (AvgIpc) is 2.15. The summed E-state index contributed by atoms with van der Waals surface area (Å²) in [5, 5.41) is 0. The molecular formula is C11H17N3. The molecule has 0 aliphatic carbocycles. The normalized spacial score (nSPS) is 9.43. The molecule has 0 saturated carbocycles. The molecule has 1 aromatic rings. The summed E-state index contributed by atoms with van der Waals surface area (Å²) in [6.45, 7) is 0. The van der Waals surface area contributed by atoms with Gasteiger partial charge in [-0.3, -0.25) is 0 Å². The fourth-order valence-corrected chi connectivity index (χ4v) is 1.22. The Hall–Kier alpha value is -1.51. The Bertz CT molecular complexity index is 292. The first kappa shape index (κ1) is 10.6. The summed E-state index contributed by atoms with van der Waals surface area (Å²) in [6, 6.07) is 9.95. The molecular weight excluding hydrogens is 174 g/mol. The van der Waals surface area contributed by atoms with E-state index in [4.69, 9.17) is 0 Å². The minimum absolute atomic E-state index is 0.941. The lowest BCUT2D eigenvalue weighted by atomic mass is 10.3. The van der Waals surface area contributed by atoms with Crippen LogP contribution in [0.4, 0.5) is 5.69 Å². The quantitative estimate of drug-likeness (QED) is 0.498. The van der Waals surface area contributed by atoms with Crippen molar-refractivity contribution < 1.29 is 0 Å². The van der Waals surface area contributed by atoms with Crippen LogP contribution in [0.15, 0.2) is 35.3 Å². The Morgan fingerprint density at radius 1 is 0.929 bits per heavy atom. The zero-order valence-corrected chi connectivity index (χ0v) is 9.23. The van der Waals surface area contributed by atoms with E-state index in [-0.39, 0.29) is 0 Å². The lowest BCUT2D eigenvalue weighted by Crippen LogP contribution is -2.35. The third-order valence-corrected chi connectivity index (χ3v) is 1.79. The van der Waals surface area contributed by atoms with Crippen LogP contribution in [0.3, 0.4) is 0 Å². The molecule has 1 aromatic carbocycles. The highest BCUT2D eigenvalue weighted by Crippen LogP contribution is 2.10. The number of guanidine groups is 1. The van der Waals surface area contributed by atoms with E-state index in [1.165, 1.54) is 0 Å².